The van der Waals surface area contributed by atoms with Crippen LogP contribution in [-0.4, -0.2) is 27.8 Å². The van der Waals surface area contributed by atoms with Crippen LogP contribution in [0.15, 0.2) is 69.0 Å². The third kappa shape index (κ3) is 5.31. The Bertz CT molecular complexity index is 1690. The summed E-state index contributed by atoms with van der Waals surface area (Å²) in [5, 5.41) is 11.4. The summed E-state index contributed by atoms with van der Waals surface area (Å²) in [6, 6.07) is 13.6. The Balaban J connectivity index is 1.66. The van der Waals surface area contributed by atoms with E-state index in [1.807, 2.05) is 6.07 Å². The van der Waals surface area contributed by atoms with Crippen LogP contribution in [0.25, 0.3) is 0 Å². The van der Waals surface area contributed by atoms with Crippen LogP contribution in [0.1, 0.15) is 46.0 Å². The van der Waals surface area contributed by atoms with Crippen molar-refractivity contribution in [2.45, 2.75) is 36.9 Å². The molecule has 0 aliphatic carbocycles. The van der Waals surface area contributed by atoms with Crippen molar-refractivity contribution >= 4 is 44.5 Å². The summed E-state index contributed by atoms with van der Waals surface area (Å²) in [6.45, 7) is 3.16. The topological polar surface area (TPSA) is 91.9 Å². The van der Waals surface area contributed by atoms with Gasteiger partial charge in [0.05, 0.1) is 37.1 Å². The number of carbonyl (C=O) groups excluding carboxylic acids is 1. The molecular weight excluding hydrogens is 593 g/mol. The third-order valence-electron chi connectivity index (χ3n) is 6.40. The number of hydrogen-bond donors (Lipinski definition) is 0. The second-order valence-corrected chi connectivity index (χ2v) is 12.2. The zero-order valence-corrected chi connectivity index (χ0v) is 23.2. The molecule has 0 spiro atoms. The van der Waals surface area contributed by atoms with Gasteiger partial charge in [-0.25, -0.2) is 8.60 Å². The molecule has 1 heterocycles. The average molecular weight is 612 g/mol. The summed E-state index contributed by atoms with van der Waals surface area (Å²) in [5.41, 5.74) is -2.52. The van der Waals surface area contributed by atoms with Crippen LogP contribution >= 0.6 is 23.2 Å². The Morgan fingerprint density at radius 2 is 1.77 bits per heavy atom. The highest BCUT2D eigenvalue weighted by Crippen LogP contribution is 2.50. The lowest BCUT2D eigenvalue weighted by molar-refractivity contribution is -0.275. The monoisotopic (exact) mass is 611 g/mol. The maximum absolute atomic E-state index is 14.3. The van der Waals surface area contributed by atoms with E-state index in [1.165, 1.54) is 42.5 Å². The fourth-order valence-electron chi connectivity index (χ4n) is 4.14. The van der Waals surface area contributed by atoms with Gasteiger partial charge in [0.25, 0.3) is 11.5 Å². The number of benzene rings is 3. The molecule has 3 aromatic rings. The van der Waals surface area contributed by atoms with Crippen molar-refractivity contribution in [1.82, 2.24) is 0 Å². The molecule has 2 unspecified atom stereocenters. The first-order chi connectivity index (χ1) is 18.7. The van der Waals surface area contributed by atoms with Gasteiger partial charge in [0.2, 0.25) is 0 Å². The number of oxime groups is 1. The molecule has 1 aliphatic heterocycles. The molecular formula is C27H19Cl2F4N3O3S. The molecule has 0 saturated carbocycles. The summed E-state index contributed by atoms with van der Waals surface area (Å²) in [6.07, 6.45) is -5.74. The molecule has 40 heavy (non-hydrogen) atoms. The van der Waals surface area contributed by atoms with E-state index in [0.717, 1.165) is 12.1 Å². The molecule has 1 amide bonds. The first-order valence-electron chi connectivity index (χ1n) is 11.6. The molecule has 208 valence electrons. The van der Waals surface area contributed by atoms with Gasteiger partial charge in [-0.05, 0) is 66.6 Å². The highest BCUT2D eigenvalue weighted by atomic mass is 35.5. The first-order valence-corrected chi connectivity index (χ1v) is 14.1. The van der Waals surface area contributed by atoms with E-state index in [0.29, 0.717) is 16.0 Å². The number of halogens is 6. The minimum Gasteiger partial charge on any atom is -0.374 e. The predicted molar refractivity (Wildman–Crippen MR) is 142 cm³/mol. The predicted octanol–water partition coefficient (Wildman–Crippen LogP) is 7.58. The minimum atomic E-state index is -4.97. The second kappa shape index (κ2) is 10.8. The van der Waals surface area contributed by atoms with Crippen LogP contribution in [0, 0.1) is 24.1 Å². The van der Waals surface area contributed by atoms with Gasteiger partial charge in [-0.15, -0.1) is 0 Å². The van der Waals surface area contributed by atoms with Crippen molar-refractivity contribution < 1.29 is 31.4 Å². The Morgan fingerprint density at radius 3 is 2.30 bits per heavy atom. The highest BCUT2D eigenvalue weighted by molar-refractivity contribution is 7.94. The van der Waals surface area contributed by atoms with Crippen molar-refractivity contribution in [3.63, 3.8) is 0 Å². The van der Waals surface area contributed by atoms with E-state index in [2.05, 4.69) is 9.52 Å². The normalized spacial score (nSPS) is 18.3. The van der Waals surface area contributed by atoms with E-state index in [9.17, 15) is 26.6 Å². The lowest BCUT2D eigenvalue weighted by Crippen LogP contribution is -2.42. The molecule has 4 rings (SSSR count). The number of carbonyl (C=O) groups is 1. The molecule has 0 radical (unpaired) electrons. The maximum Gasteiger partial charge on any atom is 0.435 e. The lowest BCUT2D eigenvalue weighted by atomic mass is 9.86. The molecule has 2 atom stereocenters. The summed E-state index contributed by atoms with van der Waals surface area (Å²) in [5.74, 6) is -1.80. The van der Waals surface area contributed by atoms with Crippen LogP contribution in [0.2, 0.25) is 10.0 Å². The van der Waals surface area contributed by atoms with Crippen LogP contribution in [-0.2, 0) is 20.2 Å². The highest BCUT2D eigenvalue weighted by Gasteiger charge is 2.62. The molecule has 13 heteroatoms. The number of nitriles is 1. The van der Waals surface area contributed by atoms with Gasteiger partial charge in [0.1, 0.15) is 0 Å². The minimum absolute atomic E-state index is 0.0346. The second-order valence-electron chi connectivity index (χ2n) is 8.88. The average Bonchev–Trinajstić information content (AvgIpc) is 3.38. The molecule has 0 N–H and O–H groups in total. The molecule has 0 aromatic heterocycles. The van der Waals surface area contributed by atoms with Crippen LogP contribution < -0.4 is 0 Å². The van der Waals surface area contributed by atoms with E-state index in [4.69, 9.17) is 33.3 Å². The van der Waals surface area contributed by atoms with Gasteiger partial charge in [-0.3, -0.25) is 4.79 Å². The Labute approximate surface area is 237 Å². The smallest absolute Gasteiger partial charge is 0.374 e. The Kier molecular flexibility index (Phi) is 8.00. The summed E-state index contributed by atoms with van der Waals surface area (Å²) >= 11 is 11.5. The zero-order chi connectivity index (χ0) is 29.5. The Hall–Kier alpha value is -3.46. The van der Waals surface area contributed by atoms with E-state index < -0.39 is 55.3 Å². The van der Waals surface area contributed by atoms with Crippen LogP contribution in [0.3, 0.4) is 0 Å². The number of alkyl halides is 3. The van der Waals surface area contributed by atoms with E-state index in [1.54, 1.807) is 13.8 Å². The fraction of sp³-hybridized carbons (Fsp3) is 0.222. The van der Waals surface area contributed by atoms with Gasteiger partial charge in [0.15, 0.2) is 5.82 Å². The number of rotatable bonds is 5. The summed E-state index contributed by atoms with van der Waals surface area (Å²) in [4.78, 5) is 18.3. The number of aryl methyl sites for hydroxylation is 1. The molecule has 0 fully saturated rings. The van der Waals surface area contributed by atoms with Gasteiger partial charge in [-0.1, -0.05) is 41.3 Å². The van der Waals surface area contributed by atoms with Gasteiger partial charge in [-0.2, -0.15) is 22.8 Å². The number of nitrogens with zero attached hydrogens (tertiary/aromatic N) is 3. The molecule has 6 nitrogen and oxygen atoms in total. The Morgan fingerprint density at radius 1 is 1.15 bits per heavy atom. The molecule has 0 saturated heterocycles. The van der Waals surface area contributed by atoms with Crippen molar-refractivity contribution in [2.75, 3.05) is 5.75 Å². The summed E-state index contributed by atoms with van der Waals surface area (Å²) in [7, 11) is -3.14. The quantitative estimate of drug-likeness (QED) is 0.219. The van der Waals surface area contributed by atoms with Crippen LogP contribution in [0.5, 0.6) is 0 Å². The maximum atomic E-state index is 14.3. The van der Waals surface area contributed by atoms with Gasteiger partial charge < -0.3 is 4.84 Å². The number of hydrogen-bond acceptors (Lipinski definition) is 5. The van der Waals surface area contributed by atoms with E-state index in [-0.39, 0.29) is 22.6 Å². The van der Waals surface area contributed by atoms with Gasteiger partial charge >= 0.3 is 6.18 Å². The standard InChI is InChI=1S/C27H19Cl2F4N3O3S/c1-3-40(38,19-7-4-16(14-34)5-8-19)36-25(37)20-9-6-17(10-15(20)2)23-13-26(39-35-23,27(31,32)33)18-11-21(28)24(30)22(29)12-18/h4-12H,3,13H2,1-2H3. The van der Waals surface area contributed by atoms with E-state index >= 15 is 0 Å². The number of amides is 1. The zero-order valence-electron chi connectivity index (χ0n) is 20.9. The van der Waals surface area contributed by atoms with Crippen molar-refractivity contribution in [1.29, 1.82) is 5.26 Å². The SMILES string of the molecule is CCS(=O)(=NC(=O)c1ccc(C2=NOC(c3cc(Cl)c(F)c(Cl)c3)(C(F)(F)F)C2)cc1C)c1ccc(C#N)cc1. The molecule has 0 bridgehead atoms. The fourth-order valence-corrected chi connectivity index (χ4v) is 6.12. The van der Waals surface area contributed by atoms with Crippen molar-refractivity contribution in [2.24, 2.45) is 9.52 Å². The largest absolute Gasteiger partial charge is 0.435 e. The van der Waals surface area contributed by atoms with Gasteiger partial charge in [0, 0.05) is 28.2 Å². The third-order valence-corrected chi connectivity index (χ3v) is 9.20. The molecule has 1 aliphatic rings. The summed E-state index contributed by atoms with van der Waals surface area (Å²) < 4.78 is 74.2. The van der Waals surface area contributed by atoms with Crippen molar-refractivity contribution in [3.8, 4) is 6.07 Å². The van der Waals surface area contributed by atoms with Crippen LogP contribution in [0.4, 0.5) is 17.6 Å². The van der Waals surface area contributed by atoms with Crippen molar-refractivity contribution in [3.05, 3.63) is 98.3 Å². The molecule has 3 aromatic carbocycles. The lowest BCUT2D eigenvalue weighted by Gasteiger charge is -2.29. The first kappa shape index (κ1) is 29.5.